The van der Waals surface area contributed by atoms with E-state index in [4.69, 9.17) is 27.9 Å². The second-order valence-electron chi connectivity index (χ2n) is 7.57. The molecule has 1 aliphatic heterocycles. The van der Waals surface area contributed by atoms with Gasteiger partial charge in [0.25, 0.3) is 11.7 Å². The maximum atomic E-state index is 13.3. The Bertz CT molecular complexity index is 1250. The van der Waals surface area contributed by atoms with Crippen molar-refractivity contribution in [1.82, 2.24) is 0 Å². The summed E-state index contributed by atoms with van der Waals surface area (Å²) in [6.45, 7) is 2.04. The molecule has 1 aliphatic rings. The molecule has 7 heteroatoms. The number of hydrogen-bond donors (Lipinski definition) is 1. The lowest BCUT2D eigenvalue weighted by Gasteiger charge is -2.25. The lowest BCUT2D eigenvalue weighted by atomic mass is 9.95. The summed E-state index contributed by atoms with van der Waals surface area (Å²) in [6, 6.07) is 18.6. The zero-order valence-corrected chi connectivity index (χ0v) is 19.5. The standard InChI is InChI=1S/C26H21Cl2NO4/c1-3-15-9-11-18(12-10-15)29-22(16-7-5-4-6-8-16)21(24(31)26(29)32)23(30)19-13-17(27)14-20(28)25(19)33-2/h4-14,22,30H,3H2,1-2H3/b23-21+. The molecule has 1 atom stereocenters. The van der Waals surface area contributed by atoms with E-state index in [0.29, 0.717) is 11.3 Å². The first-order valence-corrected chi connectivity index (χ1v) is 11.1. The zero-order chi connectivity index (χ0) is 23.7. The molecule has 33 heavy (non-hydrogen) atoms. The van der Waals surface area contributed by atoms with Gasteiger partial charge >= 0.3 is 0 Å². The Hall–Kier alpha value is -3.28. The zero-order valence-electron chi connectivity index (χ0n) is 18.0. The Kier molecular flexibility index (Phi) is 6.45. The summed E-state index contributed by atoms with van der Waals surface area (Å²) in [5.41, 5.74) is 2.39. The molecule has 0 aliphatic carbocycles. The van der Waals surface area contributed by atoms with Crippen LogP contribution in [0.3, 0.4) is 0 Å². The second-order valence-corrected chi connectivity index (χ2v) is 8.41. The largest absolute Gasteiger partial charge is 0.507 e. The third-order valence-corrected chi connectivity index (χ3v) is 6.15. The first-order valence-electron chi connectivity index (χ1n) is 10.4. The van der Waals surface area contributed by atoms with Gasteiger partial charge in [0, 0.05) is 10.7 Å². The fourth-order valence-corrected chi connectivity index (χ4v) is 4.60. The lowest BCUT2D eigenvalue weighted by molar-refractivity contribution is -0.132. The van der Waals surface area contributed by atoms with Crippen LogP contribution in [0.25, 0.3) is 5.76 Å². The number of ketones is 1. The summed E-state index contributed by atoms with van der Waals surface area (Å²) < 4.78 is 5.36. The van der Waals surface area contributed by atoms with Crippen LogP contribution < -0.4 is 9.64 Å². The highest BCUT2D eigenvalue weighted by molar-refractivity contribution is 6.51. The van der Waals surface area contributed by atoms with E-state index in [1.807, 2.05) is 37.3 Å². The molecule has 3 aromatic rings. The summed E-state index contributed by atoms with van der Waals surface area (Å²) in [5.74, 6) is -1.79. The molecule has 1 amide bonds. The average Bonchev–Trinajstić information content (AvgIpc) is 3.09. The second kappa shape index (κ2) is 9.30. The minimum Gasteiger partial charge on any atom is -0.507 e. The topological polar surface area (TPSA) is 66.8 Å². The number of hydrogen-bond acceptors (Lipinski definition) is 4. The predicted octanol–water partition coefficient (Wildman–Crippen LogP) is 6.19. The van der Waals surface area contributed by atoms with E-state index in [0.717, 1.165) is 12.0 Å². The van der Waals surface area contributed by atoms with Crippen LogP contribution in [-0.2, 0) is 16.0 Å². The molecule has 0 spiro atoms. The molecule has 4 rings (SSSR count). The fraction of sp³-hybridized carbons (Fsp3) is 0.154. The number of anilines is 1. The third kappa shape index (κ3) is 4.10. The molecule has 0 saturated carbocycles. The van der Waals surface area contributed by atoms with Gasteiger partial charge in [-0.1, -0.05) is 72.6 Å². The van der Waals surface area contributed by atoms with E-state index in [1.165, 1.54) is 24.1 Å². The summed E-state index contributed by atoms with van der Waals surface area (Å²) in [5, 5.41) is 11.8. The number of aryl methyl sites for hydroxylation is 1. The molecular formula is C26H21Cl2NO4. The van der Waals surface area contributed by atoms with Crippen LogP contribution in [0.15, 0.2) is 72.3 Å². The fourth-order valence-electron chi connectivity index (χ4n) is 4.03. The van der Waals surface area contributed by atoms with Gasteiger partial charge in [-0.2, -0.15) is 0 Å². The van der Waals surface area contributed by atoms with Gasteiger partial charge in [-0.05, 0) is 41.8 Å². The Morgan fingerprint density at radius 1 is 1.03 bits per heavy atom. The van der Waals surface area contributed by atoms with Crippen molar-refractivity contribution >= 4 is 46.3 Å². The van der Waals surface area contributed by atoms with E-state index >= 15 is 0 Å². The van der Waals surface area contributed by atoms with Gasteiger partial charge in [-0.3, -0.25) is 14.5 Å². The van der Waals surface area contributed by atoms with Crippen LogP contribution in [0.4, 0.5) is 5.69 Å². The first kappa shape index (κ1) is 22.9. The summed E-state index contributed by atoms with van der Waals surface area (Å²) in [4.78, 5) is 27.9. The number of halogens is 2. The van der Waals surface area contributed by atoms with Crippen molar-refractivity contribution in [3.05, 3.63) is 99.0 Å². The lowest BCUT2D eigenvalue weighted by Crippen LogP contribution is -2.29. The van der Waals surface area contributed by atoms with Crippen LogP contribution in [0, 0.1) is 0 Å². The van der Waals surface area contributed by atoms with E-state index < -0.39 is 23.5 Å². The smallest absolute Gasteiger partial charge is 0.300 e. The highest BCUT2D eigenvalue weighted by Crippen LogP contribution is 2.44. The molecule has 0 bridgehead atoms. The van der Waals surface area contributed by atoms with Crippen molar-refractivity contribution in [3.63, 3.8) is 0 Å². The summed E-state index contributed by atoms with van der Waals surface area (Å²) in [6.07, 6.45) is 0.844. The van der Waals surface area contributed by atoms with Gasteiger partial charge in [-0.15, -0.1) is 0 Å². The normalized spacial score (nSPS) is 17.5. The molecule has 1 heterocycles. The monoisotopic (exact) mass is 481 g/mol. The maximum absolute atomic E-state index is 13.3. The summed E-state index contributed by atoms with van der Waals surface area (Å²) >= 11 is 12.4. The van der Waals surface area contributed by atoms with Crippen LogP contribution in [0.1, 0.15) is 29.7 Å². The molecule has 1 N–H and O–H groups in total. The van der Waals surface area contributed by atoms with Crippen LogP contribution in [0.5, 0.6) is 5.75 Å². The average molecular weight is 482 g/mol. The van der Waals surface area contributed by atoms with Crippen LogP contribution >= 0.6 is 23.2 Å². The molecule has 3 aromatic carbocycles. The van der Waals surface area contributed by atoms with E-state index in [-0.39, 0.29) is 26.9 Å². The number of amides is 1. The van der Waals surface area contributed by atoms with Crippen molar-refractivity contribution in [2.75, 3.05) is 12.0 Å². The van der Waals surface area contributed by atoms with E-state index in [9.17, 15) is 14.7 Å². The van der Waals surface area contributed by atoms with Crippen molar-refractivity contribution in [2.45, 2.75) is 19.4 Å². The molecule has 0 aromatic heterocycles. The Balaban J connectivity index is 1.97. The third-order valence-electron chi connectivity index (χ3n) is 5.65. The van der Waals surface area contributed by atoms with Crippen molar-refractivity contribution < 1.29 is 19.4 Å². The maximum Gasteiger partial charge on any atom is 0.300 e. The highest BCUT2D eigenvalue weighted by atomic mass is 35.5. The van der Waals surface area contributed by atoms with Crippen molar-refractivity contribution in [2.24, 2.45) is 0 Å². The Morgan fingerprint density at radius 3 is 2.30 bits per heavy atom. The minimum atomic E-state index is -0.846. The number of Topliss-reactive ketones (excluding diaryl/α,β-unsaturated/α-hetero) is 1. The predicted molar refractivity (Wildman–Crippen MR) is 130 cm³/mol. The summed E-state index contributed by atoms with van der Waals surface area (Å²) in [7, 11) is 1.40. The molecule has 1 saturated heterocycles. The minimum absolute atomic E-state index is 0.0672. The van der Waals surface area contributed by atoms with E-state index in [2.05, 4.69) is 0 Å². The van der Waals surface area contributed by atoms with Crippen LogP contribution in [0.2, 0.25) is 10.0 Å². The number of ether oxygens (including phenoxy) is 1. The van der Waals surface area contributed by atoms with Gasteiger partial charge in [0.15, 0.2) is 0 Å². The van der Waals surface area contributed by atoms with Crippen LogP contribution in [-0.4, -0.2) is 23.9 Å². The molecule has 5 nitrogen and oxygen atoms in total. The van der Waals surface area contributed by atoms with Gasteiger partial charge < -0.3 is 9.84 Å². The number of benzene rings is 3. The van der Waals surface area contributed by atoms with Gasteiger partial charge in [0.2, 0.25) is 0 Å². The first-order chi connectivity index (χ1) is 15.9. The number of methoxy groups -OCH3 is 1. The number of aliphatic hydroxyl groups is 1. The molecule has 1 unspecified atom stereocenters. The number of nitrogens with zero attached hydrogens (tertiary/aromatic N) is 1. The number of carbonyl (C=O) groups excluding carboxylic acids is 2. The number of carbonyl (C=O) groups is 2. The molecule has 0 radical (unpaired) electrons. The quantitative estimate of drug-likeness (QED) is 0.268. The van der Waals surface area contributed by atoms with Crippen molar-refractivity contribution in [1.29, 1.82) is 0 Å². The number of aliphatic hydroxyl groups excluding tert-OH is 1. The van der Waals surface area contributed by atoms with Crippen molar-refractivity contribution in [3.8, 4) is 5.75 Å². The molecule has 1 fully saturated rings. The van der Waals surface area contributed by atoms with E-state index in [1.54, 1.807) is 24.3 Å². The Labute approximate surface area is 201 Å². The van der Waals surface area contributed by atoms with Gasteiger partial charge in [0.05, 0.1) is 29.3 Å². The Morgan fingerprint density at radius 2 is 1.70 bits per heavy atom. The highest BCUT2D eigenvalue weighted by Gasteiger charge is 2.47. The van der Waals surface area contributed by atoms with Gasteiger partial charge in [0.1, 0.15) is 11.5 Å². The van der Waals surface area contributed by atoms with Gasteiger partial charge in [-0.25, -0.2) is 0 Å². The molecule has 168 valence electrons. The SMILES string of the molecule is CCc1ccc(N2C(=O)C(=O)/C(=C(/O)c3cc(Cl)cc(Cl)c3OC)C2c2ccccc2)cc1. The number of rotatable bonds is 5. The molecular weight excluding hydrogens is 461 g/mol.